The summed E-state index contributed by atoms with van der Waals surface area (Å²) in [5.74, 6) is 0. The Kier molecular flexibility index (Phi) is 3.94. The first-order chi connectivity index (χ1) is 8.48. The molecule has 1 fully saturated rings. The molecule has 1 saturated heterocycles. The van der Waals surface area contributed by atoms with E-state index in [1.165, 1.54) is 12.3 Å². The van der Waals surface area contributed by atoms with E-state index in [0.717, 1.165) is 19.3 Å². The highest BCUT2D eigenvalue weighted by atomic mass is 35.5. The van der Waals surface area contributed by atoms with Crippen LogP contribution in [0.4, 0.5) is 0 Å². The van der Waals surface area contributed by atoms with Gasteiger partial charge in [0.1, 0.15) is 10.0 Å². The quantitative estimate of drug-likeness (QED) is 0.804. The molecule has 1 aromatic rings. The summed E-state index contributed by atoms with van der Waals surface area (Å²) in [4.78, 5) is 3.96. The first-order valence-corrected chi connectivity index (χ1v) is 7.94. The first kappa shape index (κ1) is 13.8. The lowest BCUT2D eigenvalue weighted by atomic mass is 10.2. The number of hydrogen-bond donors (Lipinski definition) is 0. The molecule has 0 spiro atoms. The number of pyridine rings is 1. The zero-order chi connectivity index (χ0) is 13.3. The Bertz CT molecular complexity index is 533. The number of nitrogens with zero attached hydrogens (tertiary/aromatic N) is 2. The second-order valence-corrected chi connectivity index (χ2v) is 6.79. The maximum Gasteiger partial charge on any atom is 0.246 e. The highest BCUT2D eigenvalue weighted by molar-refractivity contribution is 7.89. The first-order valence-electron chi connectivity index (χ1n) is 6.12. The topological polar surface area (TPSA) is 50.3 Å². The van der Waals surface area contributed by atoms with Gasteiger partial charge in [-0.25, -0.2) is 13.4 Å². The van der Waals surface area contributed by atoms with Gasteiger partial charge in [-0.05, 0) is 38.3 Å². The molecule has 2 heterocycles. The normalized spacial score (nSPS) is 25.5. The van der Waals surface area contributed by atoms with Crippen molar-refractivity contribution >= 4 is 21.6 Å². The van der Waals surface area contributed by atoms with Gasteiger partial charge in [-0.2, -0.15) is 4.31 Å². The molecule has 0 N–H and O–H groups in total. The van der Waals surface area contributed by atoms with E-state index >= 15 is 0 Å². The minimum Gasteiger partial charge on any atom is -0.243 e. The van der Waals surface area contributed by atoms with Gasteiger partial charge in [0.15, 0.2) is 0 Å². The van der Waals surface area contributed by atoms with E-state index in [4.69, 9.17) is 11.6 Å². The van der Waals surface area contributed by atoms with Gasteiger partial charge in [-0.15, -0.1) is 0 Å². The van der Waals surface area contributed by atoms with Crippen LogP contribution in [0.5, 0.6) is 0 Å². The molecule has 0 bridgehead atoms. The summed E-state index contributed by atoms with van der Waals surface area (Å²) in [6.45, 7) is 3.95. The molecule has 100 valence electrons. The van der Waals surface area contributed by atoms with Crippen molar-refractivity contribution in [2.45, 2.75) is 50.1 Å². The Morgan fingerprint density at radius 3 is 2.83 bits per heavy atom. The maximum absolute atomic E-state index is 12.6. The molecule has 4 nitrogen and oxygen atoms in total. The molecule has 18 heavy (non-hydrogen) atoms. The summed E-state index contributed by atoms with van der Waals surface area (Å²) in [6.07, 6.45) is 4.12. The fourth-order valence-corrected chi connectivity index (χ4v) is 4.92. The number of hydrogen-bond acceptors (Lipinski definition) is 3. The lowest BCUT2D eigenvalue weighted by Gasteiger charge is -2.27. The standard InChI is InChI=1S/C12H17ClN2O2S/c1-3-10-7-6-9(2)15(10)18(16,17)11-5-4-8-14-12(11)13/h4-5,8-10H,3,6-7H2,1-2H3. The van der Waals surface area contributed by atoms with Crippen LogP contribution in [0.3, 0.4) is 0 Å². The smallest absolute Gasteiger partial charge is 0.243 e. The minimum atomic E-state index is -3.54. The van der Waals surface area contributed by atoms with Crippen molar-refractivity contribution in [1.29, 1.82) is 0 Å². The van der Waals surface area contributed by atoms with E-state index in [2.05, 4.69) is 4.98 Å². The fraction of sp³-hybridized carbons (Fsp3) is 0.583. The zero-order valence-electron chi connectivity index (χ0n) is 10.5. The van der Waals surface area contributed by atoms with Gasteiger partial charge in [0.05, 0.1) is 0 Å². The Morgan fingerprint density at radius 1 is 1.50 bits per heavy atom. The molecule has 0 radical (unpaired) electrons. The Hall–Kier alpha value is -0.650. The van der Waals surface area contributed by atoms with E-state index in [1.54, 1.807) is 10.4 Å². The number of halogens is 1. The second kappa shape index (κ2) is 5.15. The van der Waals surface area contributed by atoms with Crippen molar-refractivity contribution in [2.75, 3.05) is 0 Å². The molecule has 2 rings (SSSR count). The van der Waals surface area contributed by atoms with Crippen LogP contribution >= 0.6 is 11.6 Å². The largest absolute Gasteiger partial charge is 0.246 e. The fourth-order valence-electron chi connectivity index (χ4n) is 2.54. The van der Waals surface area contributed by atoms with Crippen molar-refractivity contribution in [2.24, 2.45) is 0 Å². The van der Waals surface area contributed by atoms with E-state index in [-0.39, 0.29) is 22.1 Å². The Morgan fingerprint density at radius 2 is 2.22 bits per heavy atom. The van der Waals surface area contributed by atoms with Gasteiger partial charge in [-0.3, -0.25) is 0 Å². The molecule has 2 atom stereocenters. The lowest BCUT2D eigenvalue weighted by Crippen LogP contribution is -2.39. The molecular formula is C12H17ClN2O2S. The highest BCUT2D eigenvalue weighted by Crippen LogP contribution is 2.33. The summed E-state index contributed by atoms with van der Waals surface area (Å²) in [5, 5.41) is 0.0476. The maximum atomic E-state index is 12.6. The summed E-state index contributed by atoms with van der Waals surface area (Å²) in [7, 11) is -3.54. The van der Waals surface area contributed by atoms with Crippen LogP contribution in [0.1, 0.15) is 33.1 Å². The average molecular weight is 289 g/mol. The molecule has 6 heteroatoms. The summed E-state index contributed by atoms with van der Waals surface area (Å²) >= 11 is 5.91. The van der Waals surface area contributed by atoms with E-state index in [9.17, 15) is 8.42 Å². The number of sulfonamides is 1. The molecule has 0 amide bonds. The van der Waals surface area contributed by atoms with E-state index in [0.29, 0.717) is 0 Å². The van der Waals surface area contributed by atoms with Gasteiger partial charge in [0.25, 0.3) is 0 Å². The van der Waals surface area contributed by atoms with Crippen molar-refractivity contribution in [3.8, 4) is 0 Å². The summed E-state index contributed by atoms with van der Waals surface area (Å²) in [5.41, 5.74) is 0. The third kappa shape index (κ3) is 2.27. The van der Waals surface area contributed by atoms with Crippen LogP contribution in [0.25, 0.3) is 0 Å². The van der Waals surface area contributed by atoms with Crippen molar-refractivity contribution in [1.82, 2.24) is 9.29 Å². The van der Waals surface area contributed by atoms with Crippen LogP contribution in [0.15, 0.2) is 23.2 Å². The van der Waals surface area contributed by atoms with Crippen molar-refractivity contribution < 1.29 is 8.42 Å². The van der Waals surface area contributed by atoms with Gasteiger partial charge >= 0.3 is 0 Å². The third-order valence-electron chi connectivity index (χ3n) is 3.46. The summed E-state index contributed by atoms with van der Waals surface area (Å²) in [6, 6.07) is 3.21. The van der Waals surface area contributed by atoms with Crippen LogP contribution in [-0.2, 0) is 10.0 Å². The lowest BCUT2D eigenvalue weighted by molar-refractivity contribution is 0.328. The van der Waals surface area contributed by atoms with Crippen molar-refractivity contribution in [3.63, 3.8) is 0 Å². The molecule has 1 aliphatic rings. The third-order valence-corrected chi connectivity index (χ3v) is 5.98. The predicted molar refractivity (Wildman–Crippen MR) is 71.0 cm³/mol. The summed E-state index contributed by atoms with van der Waals surface area (Å²) < 4.78 is 26.9. The Labute approximate surface area is 113 Å². The van der Waals surface area contributed by atoms with Crippen LogP contribution in [0.2, 0.25) is 5.15 Å². The number of aromatic nitrogens is 1. The molecule has 0 aromatic carbocycles. The van der Waals surface area contributed by atoms with Gasteiger partial charge in [0, 0.05) is 18.3 Å². The minimum absolute atomic E-state index is 0.0243. The van der Waals surface area contributed by atoms with Gasteiger partial charge in [-0.1, -0.05) is 18.5 Å². The predicted octanol–water partition coefficient (Wildman–Crippen LogP) is 2.69. The molecule has 2 unspecified atom stereocenters. The van der Waals surface area contributed by atoms with Gasteiger partial charge < -0.3 is 0 Å². The molecule has 0 saturated carbocycles. The zero-order valence-corrected chi connectivity index (χ0v) is 12.1. The van der Waals surface area contributed by atoms with Crippen molar-refractivity contribution in [3.05, 3.63) is 23.5 Å². The molecular weight excluding hydrogens is 272 g/mol. The van der Waals surface area contributed by atoms with Crippen LogP contribution in [-0.4, -0.2) is 29.8 Å². The van der Waals surface area contributed by atoms with Crippen LogP contribution in [0, 0.1) is 0 Å². The van der Waals surface area contributed by atoms with E-state index < -0.39 is 10.0 Å². The van der Waals surface area contributed by atoms with Crippen LogP contribution < -0.4 is 0 Å². The van der Waals surface area contributed by atoms with Gasteiger partial charge in [0.2, 0.25) is 10.0 Å². The molecule has 0 aliphatic carbocycles. The average Bonchev–Trinajstić information content (AvgIpc) is 2.71. The highest BCUT2D eigenvalue weighted by Gasteiger charge is 2.40. The monoisotopic (exact) mass is 288 g/mol. The Balaban J connectivity index is 2.46. The molecule has 1 aromatic heterocycles. The molecule has 1 aliphatic heterocycles. The second-order valence-electron chi connectivity index (χ2n) is 4.62. The number of rotatable bonds is 3. The van der Waals surface area contributed by atoms with E-state index in [1.807, 2.05) is 13.8 Å². The SMILES string of the molecule is CCC1CCC(C)N1S(=O)(=O)c1cccnc1Cl.